The van der Waals surface area contributed by atoms with Crippen molar-refractivity contribution in [3.63, 3.8) is 0 Å². The van der Waals surface area contributed by atoms with Crippen LogP contribution < -0.4 is 10.6 Å². The Kier molecular flexibility index (Phi) is 4.86. The fourth-order valence-electron chi connectivity index (χ4n) is 1.26. The van der Waals surface area contributed by atoms with Crippen molar-refractivity contribution >= 4 is 11.4 Å². The van der Waals surface area contributed by atoms with E-state index in [4.69, 9.17) is 4.74 Å². The Hall–Kier alpha value is -1.22. The first-order valence-corrected chi connectivity index (χ1v) is 4.97. The molecule has 0 aliphatic heterocycles. The topological polar surface area (TPSA) is 33.3 Å². The third-order valence-corrected chi connectivity index (χ3v) is 1.96. The van der Waals surface area contributed by atoms with Gasteiger partial charge >= 0.3 is 0 Å². The zero-order valence-electron chi connectivity index (χ0n) is 8.84. The fourth-order valence-corrected chi connectivity index (χ4v) is 1.26. The first-order chi connectivity index (χ1) is 6.88. The lowest BCUT2D eigenvalue weighted by atomic mass is 10.2. The van der Waals surface area contributed by atoms with E-state index in [9.17, 15) is 0 Å². The van der Waals surface area contributed by atoms with Gasteiger partial charge in [-0.1, -0.05) is 12.1 Å². The van der Waals surface area contributed by atoms with Crippen LogP contribution in [0.4, 0.5) is 11.4 Å². The molecular weight excluding hydrogens is 176 g/mol. The molecule has 3 nitrogen and oxygen atoms in total. The maximum Gasteiger partial charge on any atom is 0.0638 e. The Morgan fingerprint density at radius 3 is 2.57 bits per heavy atom. The van der Waals surface area contributed by atoms with Crippen LogP contribution in [0.2, 0.25) is 0 Å². The second kappa shape index (κ2) is 6.27. The van der Waals surface area contributed by atoms with Gasteiger partial charge < -0.3 is 15.4 Å². The summed E-state index contributed by atoms with van der Waals surface area (Å²) in [5, 5.41) is 6.44. The zero-order chi connectivity index (χ0) is 10.2. The number of ether oxygens (including phenoxy) is 1. The maximum atomic E-state index is 5.25. The minimum absolute atomic E-state index is 0.745. The predicted molar refractivity (Wildman–Crippen MR) is 61.0 cm³/mol. The molecule has 0 saturated carbocycles. The molecule has 78 valence electrons. The third kappa shape index (κ3) is 3.26. The molecule has 1 aromatic rings. The van der Waals surface area contributed by atoms with Gasteiger partial charge in [-0.15, -0.1) is 0 Å². The van der Waals surface area contributed by atoms with Gasteiger partial charge in [-0.25, -0.2) is 0 Å². The highest BCUT2D eigenvalue weighted by Gasteiger charge is 1.96. The van der Waals surface area contributed by atoms with Crippen LogP contribution in [0.1, 0.15) is 6.92 Å². The number of rotatable bonds is 6. The molecule has 0 saturated heterocycles. The van der Waals surface area contributed by atoms with Gasteiger partial charge in [0.15, 0.2) is 0 Å². The van der Waals surface area contributed by atoms with Crippen LogP contribution in [0.5, 0.6) is 0 Å². The molecule has 0 fully saturated rings. The Morgan fingerprint density at radius 2 is 1.93 bits per heavy atom. The summed E-state index contributed by atoms with van der Waals surface area (Å²) in [4.78, 5) is 0. The number of hydrogen-bond donors (Lipinski definition) is 2. The molecule has 1 rings (SSSR count). The number of anilines is 2. The van der Waals surface area contributed by atoms with E-state index in [0.717, 1.165) is 31.1 Å². The standard InChI is InChI=1S/C11H18N2O/c1-3-14-9-8-13-11-7-5-4-6-10(11)12-2/h4-7,12-13H,3,8-9H2,1-2H3. The lowest BCUT2D eigenvalue weighted by Crippen LogP contribution is -2.10. The summed E-state index contributed by atoms with van der Waals surface area (Å²) in [7, 11) is 1.92. The molecule has 2 N–H and O–H groups in total. The summed E-state index contributed by atoms with van der Waals surface area (Å²) in [6, 6.07) is 8.13. The smallest absolute Gasteiger partial charge is 0.0638 e. The minimum atomic E-state index is 0.745. The van der Waals surface area contributed by atoms with Crippen molar-refractivity contribution in [1.29, 1.82) is 0 Å². The van der Waals surface area contributed by atoms with Crippen LogP contribution in [0, 0.1) is 0 Å². The highest BCUT2D eigenvalue weighted by molar-refractivity contribution is 5.68. The molecule has 14 heavy (non-hydrogen) atoms. The highest BCUT2D eigenvalue weighted by Crippen LogP contribution is 2.19. The Labute approximate surface area is 85.5 Å². The van der Waals surface area contributed by atoms with Crippen LogP contribution in [-0.2, 0) is 4.74 Å². The zero-order valence-corrected chi connectivity index (χ0v) is 8.84. The van der Waals surface area contributed by atoms with Gasteiger partial charge in [-0.2, -0.15) is 0 Å². The molecule has 0 atom stereocenters. The first kappa shape index (κ1) is 10.9. The fraction of sp³-hybridized carbons (Fsp3) is 0.455. The van der Waals surface area contributed by atoms with E-state index in [1.165, 1.54) is 0 Å². The number of para-hydroxylation sites is 2. The van der Waals surface area contributed by atoms with Crippen molar-refractivity contribution < 1.29 is 4.74 Å². The molecule has 1 aromatic carbocycles. The van der Waals surface area contributed by atoms with Gasteiger partial charge in [0, 0.05) is 20.2 Å². The van der Waals surface area contributed by atoms with E-state index in [0.29, 0.717) is 0 Å². The van der Waals surface area contributed by atoms with Crippen molar-refractivity contribution in [3.05, 3.63) is 24.3 Å². The third-order valence-electron chi connectivity index (χ3n) is 1.96. The predicted octanol–water partition coefficient (Wildman–Crippen LogP) is 2.18. The molecule has 0 aliphatic carbocycles. The number of hydrogen-bond acceptors (Lipinski definition) is 3. The second-order valence-electron chi connectivity index (χ2n) is 2.92. The van der Waals surface area contributed by atoms with Crippen LogP contribution in [-0.4, -0.2) is 26.8 Å². The molecule has 0 heterocycles. The summed E-state index contributed by atoms with van der Waals surface area (Å²) >= 11 is 0. The monoisotopic (exact) mass is 194 g/mol. The second-order valence-corrected chi connectivity index (χ2v) is 2.92. The largest absolute Gasteiger partial charge is 0.386 e. The Balaban J connectivity index is 2.41. The molecular formula is C11H18N2O. The van der Waals surface area contributed by atoms with Gasteiger partial charge in [-0.05, 0) is 19.1 Å². The molecule has 0 bridgehead atoms. The average molecular weight is 194 g/mol. The van der Waals surface area contributed by atoms with Crippen LogP contribution in [0.3, 0.4) is 0 Å². The van der Waals surface area contributed by atoms with Crippen molar-refractivity contribution in [2.45, 2.75) is 6.92 Å². The van der Waals surface area contributed by atoms with E-state index >= 15 is 0 Å². The van der Waals surface area contributed by atoms with Crippen LogP contribution in [0.15, 0.2) is 24.3 Å². The molecule has 0 unspecified atom stereocenters. The van der Waals surface area contributed by atoms with Gasteiger partial charge in [-0.3, -0.25) is 0 Å². The van der Waals surface area contributed by atoms with Gasteiger partial charge in [0.1, 0.15) is 0 Å². The van der Waals surface area contributed by atoms with Crippen LogP contribution in [0.25, 0.3) is 0 Å². The summed E-state index contributed by atoms with van der Waals surface area (Å²) in [5.41, 5.74) is 2.23. The SMILES string of the molecule is CCOCCNc1ccccc1NC. The number of benzene rings is 1. The van der Waals surface area contributed by atoms with E-state index in [-0.39, 0.29) is 0 Å². The minimum Gasteiger partial charge on any atom is -0.386 e. The summed E-state index contributed by atoms with van der Waals surface area (Å²) < 4.78 is 5.25. The molecule has 0 aromatic heterocycles. The molecule has 0 amide bonds. The molecule has 0 aliphatic rings. The average Bonchev–Trinajstić information content (AvgIpc) is 2.25. The molecule has 3 heteroatoms. The molecule has 0 radical (unpaired) electrons. The Morgan fingerprint density at radius 1 is 1.21 bits per heavy atom. The van der Waals surface area contributed by atoms with E-state index < -0.39 is 0 Å². The quantitative estimate of drug-likeness (QED) is 0.681. The summed E-state index contributed by atoms with van der Waals surface area (Å²) in [6.45, 7) is 4.36. The Bertz CT molecular complexity index is 263. The maximum absolute atomic E-state index is 5.25. The molecule has 0 spiro atoms. The number of nitrogens with one attached hydrogen (secondary N) is 2. The van der Waals surface area contributed by atoms with Crippen molar-refractivity contribution in [1.82, 2.24) is 0 Å². The van der Waals surface area contributed by atoms with Crippen molar-refractivity contribution in [2.75, 3.05) is 37.4 Å². The van der Waals surface area contributed by atoms with Crippen LogP contribution >= 0.6 is 0 Å². The van der Waals surface area contributed by atoms with Gasteiger partial charge in [0.25, 0.3) is 0 Å². The first-order valence-electron chi connectivity index (χ1n) is 4.97. The van der Waals surface area contributed by atoms with Crippen molar-refractivity contribution in [2.24, 2.45) is 0 Å². The van der Waals surface area contributed by atoms with E-state index in [2.05, 4.69) is 16.7 Å². The van der Waals surface area contributed by atoms with Gasteiger partial charge in [0.2, 0.25) is 0 Å². The normalized spacial score (nSPS) is 9.86. The van der Waals surface area contributed by atoms with Gasteiger partial charge in [0.05, 0.1) is 18.0 Å². The summed E-state index contributed by atoms with van der Waals surface area (Å²) in [6.07, 6.45) is 0. The lowest BCUT2D eigenvalue weighted by molar-refractivity contribution is 0.158. The summed E-state index contributed by atoms with van der Waals surface area (Å²) in [5.74, 6) is 0. The van der Waals surface area contributed by atoms with Crippen molar-refractivity contribution in [3.8, 4) is 0 Å². The van der Waals surface area contributed by atoms with E-state index in [1.54, 1.807) is 0 Å². The van der Waals surface area contributed by atoms with E-state index in [1.807, 2.05) is 32.2 Å². The lowest BCUT2D eigenvalue weighted by Gasteiger charge is -2.11. The highest BCUT2D eigenvalue weighted by atomic mass is 16.5.